The third kappa shape index (κ3) is 5.70. The second-order valence-corrected chi connectivity index (χ2v) is 5.70. The van der Waals surface area contributed by atoms with Crippen LogP contribution in [-0.4, -0.2) is 18.5 Å². The predicted octanol–water partition coefficient (Wildman–Crippen LogP) is 3.61. The molecular formula is C14H20BrFN2O. The van der Waals surface area contributed by atoms with Gasteiger partial charge in [0.2, 0.25) is 5.91 Å². The second-order valence-electron chi connectivity index (χ2n) is 4.84. The van der Waals surface area contributed by atoms with Gasteiger partial charge in [-0.3, -0.25) is 4.79 Å². The lowest BCUT2D eigenvalue weighted by Gasteiger charge is -2.10. The van der Waals surface area contributed by atoms with Gasteiger partial charge in [0.1, 0.15) is 5.82 Å². The van der Waals surface area contributed by atoms with Gasteiger partial charge in [-0.1, -0.05) is 13.8 Å². The Kier molecular flexibility index (Phi) is 6.45. The SMILES string of the molecule is Cc1cc(Br)c(F)cc1NC(=O)CCCNC(C)C. The molecule has 0 spiro atoms. The van der Waals surface area contributed by atoms with Gasteiger partial charge in [0.15, 0.2) is 0 Å². The summed E-state index contributed by atoms with van der Waals surface area (Å²) in [4.78, 5) is 11.7. The van der Waals surface area contributed by atoms with Gasteiger partial charge in [-0.25, -0.2) is 4.39 Å². The topological polar surface area (TPSA) is 41.1 Å². The van der Waals surface area contributed by atoms with E-state index in [0.29, 0.717) is 22.6 Å². The lowest BCUT2D eigenvalue weighted by Crippen LogP contribution is -2.24. The van der Waals surface area contributed by atoms with Gasteiger partial charge in [0, 0.05) is 18.2 Å². The molecule has 106 valence electrons. The molecule has 0 aliphatic carbocycles. The zero-order valence-electron chi connectivity index (χ0n) is 11.5. The number of hydrogen-bond donors (Lipinski definition) is 2. The molecule has 0 atom stereocenters. The summed E-state index contributed by atoms with van der Waals surface area (Å²) >= 11 is 3.12. The van der Waals surface area contributed by atoms with Crippen LogP contribution in [0.15, 0.2) is 16.6 Å². The summed E-state index contributed by atoms with van der Waals surface area (Å²) in [5.74, 6) is -0.460. The van der Waals surface area contributed by atoms with Crippen LogP contribution in [0.2, 0.25) is 0 Å². The summed E-state index contributed by atoms with van der Waals surface area (Å²) in [5.41, 5.74) is 1.37. The number of halogens is 2. The number of hydrogen-bond acceptors (Lipinski definition) is 2. The van der Waals surface area contributed by atoms with Gasteiger partial charge < -0.3 is 10.6 Å². The molecule has 5 heteroatoms. The Bertz CT molecular complexity index is 449. The molecule has 1 amide bonds. The summed E-state index contributed by atoms with van der Waals surface area (Å²) in [6.07, 6.45) is 1.19. The third-order valence-corrected chi connectivity index (χ3v) is 3.28. The van der Waals surface area contributed by atoms with E-state index in [1.165, 1.54) is 6.07 Å². The van der Waals surface area contributed by atoms with Crippen molar-refractivity contribution in [1.82, 2.24) is 5.32 Å². The molecule has 1 aromatic rings. The highest BCUT2D eigenvalue weighted by Gasteiger charge is 2.08. The van der Waals surface area contributed by atoms with Crippen molar-refractivity contribution >= 4 is 27.5 Å². The van der Waals surface area contributed by atoms with Crippen LogP contribution >= 0.6 is 15.9 Å². The minimum Gasteiger partial charge on any atom is -0.326 e. The Morgan fingerprint density at radius 1 is 1.42 bits per heavy atom. The Balaban J connectivity index is 2.46. The highest BCUT2D eigenvalue weighted by Crippen LogP contribution is 2.24. The van der Waals surface area contributed by atoms with Crippen LogP contribution in [0.1, 0.15) is 32.3 Å². The molecule has 2 N–H and O–H groups in total. The quantitative estimate of drug-likeness (QED) is 0.782. The van der Waals surface area contributed by atoms with Crippen molar-refractivity contribution in [2.45, 2.75) is 39.7 Å². The van der Waals surface area contributed by atoms with Crippen LogP contribution in [0.4, 0.5) is 10.1 Å². The normalized spacial score (nSPS) is 10.8. The molecule has 0 saturated carbocycles. The average molecular weight is 331 g/mol. The molecule has 0 aromatic heterocycles. The molecule has 0 fully saturated rings. The summed E-state index contributed by atoms with van der Waals surface area (Å²) in [6.45, 7) is 6.76. The first-order valence-corrected chi connectivity index (χ1v) is 7.18. The lowest BCUT2D eigenvalue weighted by atomic mass is 10.2. The highest BCUT2D eigenvalue weighted by molar-refractivity contribution is 9.10. The highest BCUT2D eigenvalue weighted by atomic mass is 79.9. The fourth-order valence-electron chi connectivity index (χ4n) is 1.63. The van der Waals surface area contributed by atoms with Crippen LogP contribution in [0, 0.1) is 12.7 Å². The lowest BCUT2D eigenvalue weighted by molar-refractivity contribution is -0.116. The Morgan fingerprint density at radius 3 is 2.74 bits per heavy atom. The van der Waals surface area contributed by atoms with E-state index >= 15 is 0 Å². The number of rotatable bonds is 6. The van der Waals surface area contributed by atoms with Crippen molar-refractivity contribution in [3.05, 3.63) is 28.0 Å². The van der Waals surface area contributed by atoms with E-state index in [4.69, 9.17) is 0 Å². The van der Waals surface area contributed by atoms with Crippen molar-refractivity contribution in [1.29, 1.82) is 0 Å². The number of carbonyl (C=O) groups is 1. The Hall–Kier alpha value is -0.940. The number of benzene rings is 1. The minimum absolute atomic E-state index is 0.0876. The monoisotopic (exact) mass is 330 g/mol. The van der Waals surface area contributed by atoms with Gasteiger partial charge in [-0.15, -0.1) is 0 Å². The van der Waals surface area contributed by atoms with E-state index in [1.807, 2.05) is 6.92 Å². The first-order chi connectivity index (χ1) is 8.90. The molecule has 0 unspecified atom stereocenters. The number of carbonyl (C=O) groups excluding carboxylic acids is 1. The summed E-state index contributed by atoms with van der Waals surface area (Å²) in [6, 6.07) is 3.42. The van der Waals surface area contributed by atoms with Crippen LogP contribution in [0.5, 0.6) is 0 Å². The summed E-state index contributed by atoms with van der Waals surface area (Å²) in [7, 11) is 0. The molecule has 19 heavy (non-hydrogen) atoms. The molecule has 1 aromatic carbocycles. The molecule has 0 aliphatic rings. The van der Waals surface area contributed by atoms with E-state index in [1.54, 1.807) is 6.07 Å². The summed E-state index contributed by atoms with van der Waals surface area (Å²) in [5, 5.41) is 5.99. The number of amides is 1. The van der Waals surface area contributed by atoms with Crippen molar-refractivity contribution in [2.24, 2.45) is 0 Å². The first kappa shape index (κ1) is 16.1. The second kappa shape index (κ2) is 7.60. The fraction of sp³-hybridized carbons (Fsp3) is 0.500. The van der Waals surface area contributed by atoms with Gasteiger partial charge >= 0.3 is 0 Å². The molecule has 0 saturated heterocycles. The standard InChI is InChI=1S/C14H20BrFN2O/c1-9(2)17-6-4-5-14(19)18-13-8-12(16)11(15)7-10(13)3/h7-9,17H,4-6H2,1-3H3,(H,18,19). The van der Waals surface area contributed by atoms with E-state index in [-0.39, 0.29) is 11.7 Å². The molecule has 0 aliphatic heterocycles. The van der Waals surface area contributed by atoms with Gasteiger partial charge in [0.25, 0.3) is 0 Å². The minimum atomic E-state index is -0.373. The van der Waals surface area contributed by atoms with Crippen LogP contribution < -0.4 is 10.6 Å². The molecule has 3 nitrogen and oxygen atoms in total. The first-order valence-electron chi connectivity index (χ1n) is 6.39. The molecule has 0 radical (unpaired) electrons. The maximum absolute atomic E-state index is 13.4. The van der Waals surface area contributed by atoms with Gasteiger partial charge in [-0.05, 0) is 53.5 Å². The van der Waals surface area contributed by atoms with Crippen molar-refractivity contribution < 1.29 is 9.18 Å². The van der Waals surface area contributed by atoms with Gasteiger partial charge in [0.05, 0.1) is 4.47 Å². The third-order valence-electron chi connectivity index (χ3n) is 2.67. The molecule has 0 heterocycles. The maximum Gasteiger partial charge on any atom is 0.224 e. The Labute approximate surface area is 122 Å². The zero-order chi connectivity index (χ0) is 14.4. The van der Waals surface area contributed by atoms with Crippen LogP contribution in [-0.2, 0) is 4.79 Å². The molecule has 0 bridgehead atoms. The maximum atomic E-state index is 13.4. The Morgan fingerprint density at radius 2 is 2.11 bits per heavy atom. The number of nitrogens with one attached hydrogen (secondary N) is 2. The fourth-order valence-corrected chi connectivity index (χ4v) is 2.09. The average Bonchev–Trinajstić information content (AvgIpc) is 2.31. The molecule has 1 rings (SSSR count). The zero-order valence-corrected chi connectivity index (χ0v) is 13.1. The smallest absolute Gasteiger partial charge is 0.224 e. The van der Waals surface area contributed by atoms with E-state index in [2.05, 4.69) is 40.4 Å². The predicted molar refractivity (Wildman–Crippen MR) is 79.8 cm³/mol. The van der Waals surface area contributed by atoms with E-state index in [9.17, 15) is 9.18 Å². The van der Waals surface area contributed by atoms with Crippen molar-refractivity contribution in [3.63, 3.8) is 0 Å². The number of aryl methyl sites for hydroxylation is 1. The van der Waals surface area contributed by atoms with Crippen molar-refractivity contribution in [2.75, 3.05) is 11.9 Å². The number of anilines is 1. The van der Waals surface area contributed by atoms with Crippen LogP contribution in [0.3, 0.4) is 0 Å². The summed E-state index contributed by atoms with van der Waals surface area (Å²) < 4.78 is 13.8. The largest absolute Gasteiger partial charge is 0.326 e. The van der Waals surface area contributed by atoms with Crippen LogP contribution in [0.25, 0.3) is 0 Å². The van der Waals surface area contributed by atoms with E-state index in [0.717, 1.165) is 18.5 Å². The van der Waals surface area contributed by atoms with E-state index < -0.39 is 0 Å². The van der Waals surface area contributed by atoms with Gasteiger partial charge in [-0.2, -0.15) is 0 Å². The molecular weight excluding hydrogens is 311 g/mol. The van der Waals surface area contributed by atoms with Crippen molar-refractivity contribution in [3.8, 4) is 0 Å².